The van der Waals surface area contributed by atoms with Gasteiger partial charge in [0.05, 0.1) is 6.61 Å². The number of hydrogen-bond donors (Lipinski definition) is 3. The lowest BCUT2D eigenvalue weighted by Crippen LogP contribution is -2.30. The summed E-state index contributed by atoms with van der Waals surface area (Å²) in [4.78, 5) is 0. The third-order valence-corrected chi connectivity index (χ3v) is 1.60. The van der Waals surface area contributed by atoms with Crippen LogP contribution < -0.4 is 10.6 Å². The van der Waals surface area contributed by atoms with Crippen molar-refractivity contribution in [2.24, 2.45) is 0 Å². The van der Waals surface area contributed by atoms with Gasteiger partial charge in [-0.15, -0.1) is 0 Å². The molecule has 0 aromatic carbocycles. The molecule has 0 radical (unpaired) electrons. The van der Waals surface area contributed by atoms with Crippen molar-refractivity contribution in [2.45, 2.75) is 26.3 Å². The molecular weight excluding hydrogens is 140 g/mol. The Morgan fingerprint density at radius 3 is 2.64 bits per heavy atom. The fourth-order valence-electron chi connectivity index (χ4n) is 0.973. The van der Waals surface area contributed by atoms with E-state index in [0.717, 1.165) is 19.5 Å². The molecule has 0 aromatic rings. The normalized spacial score (nSPS) is 13.4. The highest BCUT2D eigenvalue weighted by Gasteiger charge is 1.96. The highest BCUT2D eigenvalue weighted by atomic mass is 16.3. The van der Waals surface area contributed by atoms with Crippen LogP contribution in [0.2, 0.25) is 0 Å². The molecule has 0 amide bonds. The average Bonchev–Trinajstić information content (AvgIpc) is 1.99. The molecule has 0 rings (SSSR count). The smallest absolute Gasteiger partial charge is 0.0555 e. The predicted octanol–water partition coefficient (Wildman–Crippen LogP) is -0.0436. The standard InChI is InChI=1S/C8H20N2O/c1-3-10-8(2)4-5-9-6-7-11/h8-11H,3-7H2,1-2H3. The van der Waals surface area contributed by atoms with E-state index in [2.05, 4.69) is 24.5 Å². The Kier molecular flexibility index (Phi) is 7.89. The minimum atomic E-state index is 0.232. The van der Waals surface area contributed by atoms with Crippen molar-refractivity contribution < 1.29 is 5.11 Å². The summed E-state index contributed by atoms with van der Waals surface area (Å²) in [7, 11) is 0. The topological polar surface area (TPSA) is 44.3 Å². The first-order valence-electron chi connectivity index (χ1n) is 4.36. The summed E-state index contributed by atoms with van der Waals surface area (Å²) < 4.78 is 0. The van der Waals surface area contributed by atoms with E-state index in [4.69, 9.17) is 5.11 Å². The Hall–Kier alpha value is -0.120. The zero-order chi connectivity index (χ0) is 8.53. The molecule has 0 saturated carbocycles. The number of hydrogen-bond acceptors (Lipinski definition) is 3. The third kappa shape index (κ3) is 7.78. The molecule has 11 heavy (non-hydrogen) atoms. The largest absolute Gasteiger partial charge is 0.395 e. The molecule has 3 nitrogen and oxygen atoms in total. The maximum atomic E-state index is 8.46. The molecule has 3 heteroatoms. The molecule has 0 fully saturated rings. The molecule has 68 valence electrons. The van der Waals surface area contributed by atoms with Gasteiger partial charge in [0, 0.05) is 12.6 Å². The van der Waals surface area contributed by atoms with Gasteiger partial charge in [0.1, 0.15) is 0 Å². The summed E-state index contributed by atoms with van der Waals surface area (Å²) in [5, 5.41) is 14.9. The molecule has 0 aromatic heterocycles. The Labute approximate surface area is 69.2 Å². The van der Waals surface area contributed by atoms with Crippen molar-refractivity contribution in [1.82, 2.24) is 10.6 Å². The van der Waals surface area contributed by atoms with Gasteiger partial charge in [0.15, 0.2) is 0 Å². The zero-order valence-corrected chi connectivity index (χ0v) is 7.56. The van der Waals surface area contributed by atoms with Crippen molar-refractivity contribution in [3.63, 3.8) is 0 Å². The summed E-state index contributed by atoms with van der Waals surface area (Å²) in [6, 6.07) is 0.575. The van der Waals surface area contributed by atoms with Crippen LogP contribution in [0.4, 0.5) is 0 Å². The van der Waals surface area contributed by atoms with Crippen molar-refractivity contribution in [3.8, 4) is 0 Å². The Balaban J connectivity index is 2.97. The Bertz CT molecular complexity index is 78.5. The quantitative estimate of drug-likeness (QED) is 0.458. The van der Waals surface area contributed by atoms with Gasteiger partial charge < -0.3 is 15.7 Å². The van der Waals surface area contributed by atoms with Gasteiger partial charge in [-0.3, -0.25) is 0 Å². The second-order valence-corrected chi connectivity index (χ2v) is 2.72. The van der Waals surface area contributed by atoms with Gasteiger partial charge in [-0.25, -0.2) is 0 Å². The first-order chi connectivity index (χ1) is 5.31. The van der Waals surface area contributed by atoms with Gasteiger partial charge in [0.25, 0.3) is 0 Å². The maximum Gasteiger partial charge on any atom is 0.0555 e. The highest BCUT2D eigenvalue weighted by Crippen LogP contribution is 1.86. The van der Waals surface area contributed by atoms with Gasteiger partial charge >= 0.3 is 0 Å². The van der Waals surface area contributed by atoms with Gasteiger partial charge in [-0.05, 0) is 26.4 Å². The molecule has 0 spiro atoms. The molecule has 0 bridgehead atoms. The lowest BCUT2D eigenvalue weighted by Gasteiger charge is -2.11. The van der Waals surface area contributed by atoms with E-state index < -0.39 is 0 Å². The fraction of sp³-hybridized carbons (Fsp3) is 1.00. The van der Waals surface area contributed by atoms with E-state index in [1.165, 1.54) is 0 Å². The first kappa shape index (κ1) is 10.9. The van der Waals surface area contributed by atoms with Crippen LogP contribution in [0.25, 0.3) is 0 Å². The number of aliphatic hydroxyl groups is 1. The minimum absolute atomic E-state index is 0.232. The van der Waals surface area contributed by atoms with Crippen LogP contribution >= 0.6 is 0 Å². The SMILES string of the molecule is CCNC(C)CCNCCO. The summed E-state index contributed by atoms with van der Waals surface area (Å²) >= 11 is 0. The zero-order valence-electron chi connectivity index (χ0n) is 7.56. The van der Waals surface area contributed by atoms with E-state index in [1.54, 1.807) is 0 Å². The summed E-state index contributed by atoms with van der Waals surface area (Å²) in [5.41, 5.74) is 0. The lowest BCUT2D eigenvalue weighted by atomic mass is 10.2. The lowest BCUT2D eigenvalue weighted by molar-refractivity contribution is 0.291. The van der Waals surface area contributed by atoms with E-state index in [9.17, 15) is 0 Å². The first-order valence-corrected chi connectivity index (χ1v) is 4.36. The number of aliphatic hydroxyl groups excluding tert-OH is 1. The molecule has 0 heterocycles. The molecule has 1 atom stereocenters. The molecule has 3 N–H and O–H groups in total. The second kappa shape index (κ2) is 7.98. The van der Waals surface area contributed by atoms with Crippen LogP contribution in [0.15, 0.2) is 0 Å². The summed E-state index contributed by atoms with van der Waals surface area (Å²) in [6.45, 7) is 7.23. The molecular formula is C8H20N2O. The van der Waals surface area contributed by atoms with Crippen molar-refractivity contribution in [2.75, 3.05) is 26.2 Å². The molecule has 0 aliphatic heterocycles. The van der Waals surface area contributed by atoms with Crippen LogP contribution in [-0.2, 0) is 0 Å². The van der Waals surface area contributed by atoms with Crippen molar-refractivity contribution in [3.05, 3.63) is 0 Å². The highest BCUT2D eigenvalue weighted by molar-refractivity contribution is 4.60. The van der Waals surface area contributed by atoms with Crippen molar-refractivity contribution in [1.29, 1.82) is 0 Å². The number of nitrogens with one attached hydrogen (secondary N) is 2. The van der Waals surface area contributed by atoms with Gasteiger partial charge in [-0.2, -0.15) is 0 Å². The van der Waals surface area contributed by atoms with Crippen molar-refractivity contribution >= 4 is 0 Å². The van der Waals surface area contributed by atoms with E-state index in [0.29, 0.717) is 12.6 Å². The van der Waals surface area contributed by atoms with Gasteiger partial charge in [-0.1, -0.05) is 6.92 Å². The summed E-state index contributed by atoms with van der Waals surface area (Å²) in [5.74, 6) is 0. The Morgan fingerprint density at radius 1 is 1.36 bits per heavy atom. The van der Waals surface area contributed by atoms with E-state index in [-0.39, 0.29) is 6.61 Å². The van der Waals surface area contributed by atoms with E-state index >= 15 is 0 Å². The summed E-state index contributed by atoms with van der Waals surface area (Å²) in [6.07, 6.45) is 1.12. The predicted molar refractivity (Wildman–Crippen MR) is 47.7 cm³/mol. The molecule has 0 aliphatic carbocycles. The van der Waals surface area contributed by atoms with Crippen LogP contribution in [0.3, 0.4) is 0 Å². The molecule has 1 unspecified atom stereocenters. The van der Waals surface area contributed by atoms with Crippen LogP contribution in [0.5, 0.6) is 0 Å². The molecule has 0 aliphatic rings. The van der Waals surface area contributed by atoms with Crippen LogP contribution in [0, 0.1) is 0 Å². The number of rotatable bonds is 7. The maximum absolute atomic E-state index is 8.46. The third-order valence-electron chi connectivity index (χ3n) is 1.60. The monoisotopic (exact) mass is 160 g/mol. The van der Waals surface area contributed by atoms with E-state index in [1.807, 2.05) is 0 Å². The molecule has 0 saturated heterocycles. The second-order valence-electron chi connectivity index (χ2n) is 2.72. The minimum Gasteiger partial charge on any atom is -0.395 e. The Morgan fingerprint density at radius 2 is 2.09 bits per heavy atom. The van der Waals surface area contributed by atoms with Gasteiger partial charge in [0.2, 0.25) is 0 Å². The van der Waals surface area contributed by atoms with Crippen LogP contribution in [0.1, 0.15) is 20.3 Å². The fourth-order valence-corrected chi connectivity index (χ4v) is 0.973. The van der Waals surface area contributed by atoms with Crippen LogP contribution in [-0.4, -0.2) is 37.4 Å². The average molecular weight is 160 g/mol.